The van der Waals surface area contributed by atoms with Crippen LogP contribution in [0.5, 0.6) is 5.75 Å². The minimum atomic E-state index is -0.176. The van der Waals surface area contributed by atoms with Gasteiger partial charge in [0.25, 0.3) is 11.8 Å². The van der Waals surface area contributed by atoms with Crippen molar-refractivity contribution in [1.82, 2.24) is 0 Å². The van der Waals surface area contributed by atoms with Crippen molar-refractivity contribution >= 4 is 34.8 Å². The second kappa shape index (κ2) is 9.05. The standard InChI is InChI=1S/C18H20ClN3O3/c1-22(11-17(23)20-14-8-6-13(19)7-9-14)12-18(24)21-15-4-3-5-16(10-15)25-2/h3-10H,11-12H2,1-2H3,(H,20,23)(H,21,24)/p+1. The fraction of sp³-hybridized carbons (Fsp3) is 0.222. The highest BCUT2D eigenvalue weighted by molar-refractivity contribution is 6.30. The Bertz CT molecular complexity index is 735. The maximum atomic E-state index is 12.1. The molecule has 0 saturated carbocycles. The first kappa shape index (κ1) is 18.8. The van der Waals surface area contributed by atoms with Crippen LogP contribution in [-0.2, 0) is 9.59 Å². The van der Waals surface area contributed by atoms with Crippen LogP contribution in [0.25, 0.3) is 0 Å². The molecule has 0 aliphatic heterocycles. The monoisotopic (exact) mass is 362 g/mol. The molecule has 0 aromatic heterocycles. The second-order valence-electron chi connectivity index (χ2n) is 5.65. The summed E-state index contributed by atoms with van der Waals surface area (Å²) in [6.07, 6.45) is 0. The SMILES string of the molecule is COc1cccc(NC(=O)C[NH+](C)CC(=O)Nc2ccc(Cl)cc2)c1. The van der Waals surface area contributed by atoms with Crippen molar-refractivity contribution in [2.45, 2.75) is 0 Å². The summed E-state index contributed by atoms with van der Waals surface area (Å²) in [6.45, 7) is 0.347. The van der Waals surface area contributed by atoms with Gasteiger partial charge in [-0.25, -0.2) is 0 Å². The van der Waals surface area contributed by atoms with Crippen molar-refractivity contribution in [3.8, 4) is 5.75 Å². The van der Waals surface area contributed by atoms with Crippen molar-refractivity contribution in [2.24, 2.45) is 0 Å². The fourth-order valence-electron chi connectivity index (χ4n) is 2.26. The number of hydrogen-bond donors (Lipinski definition) is 3. The highest BCUT2D eigenvalue weighted by atomic mass is 35.5. The van der Waals surface area contributed by atoms with Crippen molar-refractivity contribution in [1.29, 1.82) is 0 Å². The van der Waals surface area contributed by atoms with Crippen LogP contribution in [0.15, 0.2) is 48.5 Å². The Morgan fingerprint density at radius 2 is 1.60 bits per heavy atom. The average Bonchev–Trinajstić information content (AvgIpc) is 2.56. The maximum absolute atomic E-state index is 12.1. The van der Waals surface area contributed by atoms with E-state index in [0.29, 0.717) is 22.1 Å². The molecule has 0 spiro atoms. The van der Waals surface area contributed by atoms with Gasteiger partial charge in [0.15, 0.2) is 13.1 Å². The first-order valence-electron chi connectivity index (χ1n) is 7.77. The average molecular weight is 363 g/mol. The Morgan fingerprint density at radius 1 is 1.00 bits per heavy atom. The van der Waals surface area contributed by atoms with Gasteiger partial charge < -0.3 is 20.3 Å². The maximum Gasteiger partial charge on any atom is 0.279 e. The smallest absolute Gasteiger partial charge is 0.279 e. The highest BCUT2D eigenvalue weighted by Crippen LogP contribution is 2.16. The molecule has 0 heterocycles. The van der Waals surface area contributed by atoms with Crippen LogP contribution in [-0.4, -0.2) is 39.1 Å². The number of nitrogens with one attached hydrogen (secondary N) is 3. The fourth-order valence-corrected chi connectivity index (χ4v) is 2.38. The number of benzene rings is 2. The van der Waals surface area contributed by atoms with E-state index in [0.717, 1.165) is 4.90 Å². The molecule has 2 amide bonds. The van der Waals surface area contributed by atoms with E-state index in [1.807, 2.05) is 0 Å². The summed E-state index contributed by atoms with van der Waals surface area (Å²) in [5.74, 6) is 0.319. The Hall–Kier alpha value is -2.57. The summed E-state index contributed by atoms with van der Waals surface area (Å²) in [5, 5.41) is 6.17. The molecule has 2 aromatic rings. The van der Waals surface area contributed by atoms with Gasteiger partial charge >= 0.3 is 0 Å². The zero-order valence-corrected chi connectivity index (χ0v) is 14.9. The van der Waals surface area contributed by atoms with Crippen LogP contribution in [0.2, 0.25) is 5.02 Å². The van der Waals surface area contributed by atoms with E-state index in [1.54, 1.807) is 62.7 Å². The van der Waals surface area contributed by atoms with Crippen molar-refractivity contribution in [3.05, 3.63) is 53.6 Å². The molecule has 2 aromatic carbocycles. The van der Waals surface area contributed by atoms with Gasteiger partial charge in [-0.1, -0.05) is 17.7 Å². The molecule has 2 rings (SSSR count). The molecule has 1 atom stereocenters. The zero-order valence-electron chi connectivity index (χ0n) is 14.1. The van der Waals surface area contributed by atoms with Gasteiger partial charge in [0.05, 0.1) is 14.2 Å². The molecule has 0 saturated heterocycles. The number of carbonyl (C=O) groups excluding carboxylic acids is 2. The molecular weight excluding hydrogens is 342 g/mol. The highest BCUT2D eigenvalue weighted by Gasteiger charge is 2.14. The number of halogens is 1. The van der Waals surface area contributed by atoms with E-state index in [1.165, 1.54) is 0 Å². The van der Waals surface area contributed by atoms with E-state index >= 15 is 0 Å². The molecule has 0 radical (unpaired) electrons. The van der Waals surface area contributed by atoms with E-state index < -0.39 is 0 Å². The normalized spacial score (nSPS) is 11.5. The van der Waals surface area contributed by atoms with Crippen LogP contribution in [0.4, 0.5) is 11.4 Å². The minimum absolute atomic E-state index is 0.172. The Balaban J connectivity index is 1.80. The number of anilines is 2. The van der Waals surface area contributed by atoms with Gasteiger partial charge in [-0.15, -0.1) is 0 Å². The number of carbonyl (C=O) groups is 2. The predicted octanol–water partition coefficient (Wildman–Crippen LogP) is 1.44. The molecule has 3 N–H and O–H groups in total. The van der Waals surface area contributed by atoms with E-state index in [4.69, 9.17) is 16.3 Å². The molecule has 7 heteroatoms. The number of methoxy groups -OCH3 is 1. The summed E-state index contributed by atoms with van der Waals surface area (Å²) in [4.78, 5) is 24.9. The molecule has 0 aliphatic rings. The summed E-state index contributed by atoms with van der Waals surface area (Å²) in [7, 11) is 3.35. The number of likely N-dealkylation sites (N-methyl/N-ethyl adjacent to an activating group) is 1. The predicted molar refractivity (Wildman–Crippen MR) is 98.3 cm³/mol. The Morgan fingerprint density at radius 3 is 2.20 bits per heavy atom. The van der Waals surface area contributed by atoms with Gasteiger partial charge in [0.1, 0.15) is 5.75 Å². The first-order chi connectivity index (χ1) is 12.0. The molecule has 0 fully saturated rings. The molecule has 0 bridgehead atoms. The lowest BCUT2D eigenvalue weighted by Crippen LogP contribution is -3.11. The summed E-state index contributed by atoms with van der Waals surface area (Å²) < 4.78 is 5.12. The van der Waals surface area contributed by atoms with Crippen molar-refractivity contribution < 1.29 is 19.2 Å². The lowest BCUT2D eigenvalue weighted by Gasteiger charge is -2.14. The number of hydrogen-bond acceptors (Lipinski definition) is 3. The summed E-state index contributed by atoms with van der Waals surface area (Å²) in [5.41, 5.74) is 1.32. The van der Waals surface area contributed by atoms with E-state index in [9.17, 15) is 9.59 Å². The molecule has 0 aliphatic carbocycles. The van der Waals surface area contributed by atoms with Gasteiger partial charge in [-0.2, -0.15) is 0 Å². The van der Waals surface area contributed by atoms with Crippen LogP contribution in [0.1, 0.15) is 0 Å². The third-order valence-electron chi connectivity index (χ3n) is 3.41. The van der Waals surface area contributed by atoms with Crippen LogP contribution >= 0.6 is 11.6 Å². The zero-order chi connectivity index (χ0) is 18.2. The Labute approximate surface area is 151 Å². The molecular formula is C18H21ClN3O3+. The van der Waals surface area contributed by atoms with E-state index in [-0.39, 0.29) is 24.9 Å². The number of rotatable bonds is 7. The number of ether oxygens (including phenoxy) is 1. The van der Waals surface area contributed by atoms with E-state index in [2.05, 4.69) is 10.6 Å². The lowest BCUT2D eigenvalue weighted by molar-refractivity contribution is -0.862. The Kier molecular flexibility index (Phi) is 6.80. The van der Waals surface area contributed by atoms with Gasteiger partial charge in [0.2, 0.25) is 0 Å². The summed E-state index contributed by atoms with van der Waals surface area (Å²) >= 11 is 5.81. The molecule has 6 nitrogen and oxygen atoms in total. The number of amides is 2. The molecule has 132 valence electrons. The topological polar surface area (TPSA) is 71.9 Å². The first-order valence-corrected chi connectivity index (χ1v) is 8.14. The third-order valence-corrected chi connectivity index (χ3v) is 3.66. The van der Waals surface area contributed by atoms with Crippen molar-refractivity contribution in [3.63, 3.8) is 0 Å². The van der Waals surface area contributed by atoms with Crippen molar-refractivity contribution in [2.75, 3.05) is 37.9 Å². The van der Waals surface area contributed by atoms with Gasteiger partial charge in [-0.3, -0.25) is 9.59 Å². The van der Waals surface area contributed by atoms with Crippen LogP contribution in [0.3, 0.4) is 0 Å². The minimum Gasteiger partial charge on any atom is -0.497 e. The third kappa shape index (κ3) is 6.45. The largest absolute Gasteiger partial charge is 0.497 e. The molecule has 1 unspecified atom stereocenters. The quantitative estimate of drug-likeness (QED) is 0.698. The van der Waals surface area contributed by atoms with Crippen LogP contribution in [0, 0.1) is 0 Å². The van der Waals surface area contributed by atoms with Gasteiger partial charge in [-0.05, 0) is 36.4 Å². The van der Waals surface area contributed by atoms with Crippen LogP contribution < -0.4 is 20.3 Å². The summed E-state index contributed by atoms with van der Waals surface area (Å²) in [6, 6.07) is 14.0. The number of quaternary nitrogens is 1. The lowest BCUT2D eigenvalue weighted by atomic mass is 10.3. The second-order valence-corrected chi connectivity index (χ2v) is 6.08. The molecule has 25 heavy (non-hydrogen) atoms. The van der Waals surface area contributed by atoms with Gasteiger partial charge in [0, 0.05) is 22.5 Å².